The zero-order valence-corrected chi connectivity index (χ0v) is 10.5. The van der Waals surface area contributed by atoms with Gasteiger partial charge in [0.15, 0.2) is 0 Å². The van der Waals surface area contributed by atoms with Crippen LogP contribution in [-0.4, -0.2) is 25.2 Å². The molecule has 88 valence electrons. The van der Waals surface area contributed by atoms with Gasteiger partial charge in [0.05, 0.1) is 5.00 Å². The molecule has 1 aromatic heterocycles. The zero-order valence-electron chi connectivity index (χ0n) is 9.69. The minimum Gasteiger partial charge on any atom is -0.363 e. The smallest absolute Gasteiger partial charge is 0.0908 e. The molecule has 1 aromatic rings. The van der Waals surface area contributed by atoms with Gasteiger partial charge in [-0.2, -0.15) is 0 Å². The summed E-state index contributed by atoms with van der Waals surface area (Å²) in [6.07, 6.45) is 6.88. The van der Waals surface area contributed by atoms with Crippen molar-refractivity contribution in [3.63, 3.8) is 0 Å². The van der Waals surface area contributed by atoms with Gasteiger partial charge in [0, 0.05) is 25.2 Å². The number of anilines is 1. The highest BCUT2D eigenvalue weighted by Gasteiger charge is 2.24. The minimum atomic E-state index is 0.779. The summed E-state index contributed by atoms with van der Waals surface area (Å²) < 4.78 is 0. The first kappa shape index (κ1) is 10.6. The molecular weight excluding hydrogens is 216 g/mol. The third-order valence-electron chi connectivity index (χ3n) is 3.89. The van der Waals surface area contributed by atoms with Gasteiger partial charge >= 0.3 is 0 Å². The fourth-order valence-corrected chi connectivity index (χ4v) is 3.41. The molecule has 2 heterocycles. The quantitative estimate of drug-likeness (QED) is 0.868. The molecule has 1 saturated carbocycles. The SMILES string of the molecule is c1csc(N2CCC(NC3CCC3)CC2)c1. The lowest BCUT2D eigenvalue weighted by Crippen LogP contribution is -2.48. The molecule has 1 N–H and O–H groups in total. The molecule has 1 aliphatic carbocycles. The number of piperidine rings is 1. The van der Waals surface area contributed by atoms with Gasteiger partial charge in [0.25, 0.3) is 0 Å². The van der Waals surface area contributed by atoms with Crippen LogP contribution in [0.2, 0.25) is 0 Å². The molecule has 0 unspecified atom stereocenters. The summed E-state index contributed by atoms with van der Waals surface area (Å²) in [6, 6.07) is 6.02. The maximum atomic E-state index is 3.80. The predicted molar refractivity (Wildman–Crippen MR) is 70.3 cm³/mol. The van der Waals surface area contributed by atoms with E-state index in [4.69, 9.17) is 0 Å². The summed E-state index contributed by atoms with van der Waals surface area (Å²) in [5.41, 5.74) is 0. The summed E-state index contributed by atoms with van der Waals surface area (Å²) >= 11 is 1.87. The second kappa shape index (κ2) is 4.76. The molecule has 16 heavy (non-hydrogen) atoms. The summed E-state index contributed by atoms with van der Waals surface area (Å²) in [4.78, 5) is 2.53. The Morgan fingerprint density at radius 1 is 1.12 bits per heavy atom. The van der Waals surface area contributed by atoms with Crippen LogP contribution in [-0.2, 0) is 0 Å². The van der Waals surface area contributed by atoms with Crippen molar-refractivity contribution in [3.8, 4) is 0 Å². The molecule has 3 heteroatoms. The van der Waals surface area contributed by atoms with Gasteiger partial charge in [-0.05, 0) is 43.2 Å². The summed E-state index contributed by atoms with van der Waals surface area (Å²) in [6.45, 7) is 2.45. The first-order valence-electron chi connectivity index (χ1n) is 6.46. The van der Waals surface area contributed by atoms with Crippen molar-refractivity contribution < 1.29 is 0 Å². The normalized spacial score (nSPS) is 23.4. The summed E-state index contributed by atoms with van der Waals surface area (Å²) in [5, 5.41) is 7.42. The molecule has 2 fully saturated rings. The first-order valence-corrected chi connectivity index (χ1v) is 7.34. The Balaban J connectivity index is 1.48. The van der Waals surface area contributed by atoms with E-state index in [2.05, 4.69) is 27.7 Å². The van der Waals surface area contributed by atoms with Crippen molar-refractivity contribution in [1.29, 1.82) is 0 Å². The van der Waals surface area contributed by atoms with Crippen LogP contribution in [0.5, 0.6) is 0 Å². The number of nitrogens with one attached hydrogen (secondary N) is 1. The van der Waals surface area contributed by atoms with Gasteiger partial charge < -0.3 is 10.2 Å². The van der Waals surface area contributed by atoms with Crippen LogP contribution >= 0.6 is 11.3 Å². The van der Waals surface area contributed by atoms with Crippen LogP contribution in [0, 0.1) is 0 Å². The maximum Gasteiger partial charge on any atom is 0.0908 e. The minimum absolute atomic E-state index is 0.779. The molecule has 3 rings (SSSR count). The molecule has 0 bridgehead atoms. The van der Waals surface area contributed by atoms with Gasteiger partial charge in [-0.3, -0.25) is 0 Å². The fourth-order valence-electron chi connectivity index (χ4n) is 2.62. The molecule has 0 aromatic carbocycles. The van der Waals surface area contributed by atoms with Crippen molar-refractivity contribution in [2.75, 3.05) is 18.0 Å². The number of thiophene rings is 1. The summed E-state index contributed by atoms with van der Waals surface area (Å²) in [5.74, 6) is 0. The van der Waals surface area contributed by atoms with E-state index in [0.717, 1.165) is 12.1 Å². The van der Waals surface area contributed by atoms with E-state index in [0.29, 0.717) is 0 Å². The van der Waals surface area contributed by atoms with Gasteiger partial charge in [-0.25, -0.2) is 0 Å². The molecule has 0 spiro atoms. The zero-order chi connectivity index (χ0) is 10.8. The van der Waals surface area contributed by atoms with Crippen molar-refractivity contribution in [1.82, 2.24) is 5.32 Å². The summed E-state index contributed by atoms with van der Waals surface area (Å²) in [7, 11) is 0. The van der Waals surface area contributed by atoms with Gasteiger partial charge in [-0.15, -0.1) is 11.3 Å². The van der Waals surface area contributed by atoms with Crippen molar-refractivity contribution in [2.45, 2.75) is 44.2 Å². The predicted octanol–water partition coefficient (Wildman–Crippen LogP) is 2.86. The van der Waals surface area contributed by atoms with E-state index in [1.807, 2.05) is 11.3 Å². The number of rotatable bonds is 3. The number of hydrogen-bond donors (Lipinski definition) is 1. The van der Waals surface area contributed by atoms with Gasteiger partial charge in [0.1, 0.15) is 0 Å². The maximum absolute atomic E-state index is 3.80. The Morgan fingerprint density at radius 3 is 2.44 bits per heavy atom. The van der Waals surface area contributed by atoms with Crippen molar-refractivity contribution >= 4 is 16.3 Å². The molecule has 0 radical (unpaired) electrons. The molecule has 0 amide bonds. The monoisotopic (exact) mass is 236 g/mol. The second-order valence-corrected chi connectivity index (χ2v) is 5.93. The second-order valence-electron chi connectivity index (χ2n) is 5.01. The van der Waals surface area contributed by atoms with E-state index < -0.39 is 0 Å². The van der Waals surface area contributed by atoms with Crippen LogP contribution in [0.3, 0.4) is 0 Å². The third-order valence-corrected chi connectivity index (χ3v) is 4.82. The Kier molecular flexibility index (Phi) is 3.15. The van der Waals surface area contributed by atoms with E-state index in [-0.39, 0.29) is 0 Å². The van der Waals surface area contributed by atoms with E-state index in [9.17, 15) is 0 Å². The van der Waals surface area contributed by atoms with Crippen molar-refractivity contribution in [3.05, 3.63) is 17.5 Å². The standard InChI is InChI=1S/C13H20N2S/c1-3-11(4-1)14-12-6-8-15(9-7-12)13-5-2-10-16-13/h2,5,10-12,14H,1,3-4,6-9H2. The lowest BCUT2D eigenvalue weighted by atomic mass is 9.91. The molecule has 2 aliphatic rings. The topological polar surface area (TPSA) is 15.3 Å². The molecular formula is C13H20N2S. The van der Waals surface area contributed by atoms with Gasteiger partial charge in [-0.1, -0.05) is 6.42 Å². The Hall–Kier alpha value is -0.540. The van der Waals surface area contributed by atoms with Crippen LogP contribution in [0.15, 0.2) is 17.5 Å². The average molecular weight is 236 g/mol. The largest absolute Gasteiger partial charge is 0.363 e. The van der Waals surface area contributed by atoms with E-state index in [1.54, 1.807) is 0 Å². The highest BCUT2D eigenvalue weighted by Crippen LogP contribution is 2.26. The fraction of sp³-hybridized carbons (Fsp3) is 0.692. The van der Waals surface area contributed by atoms with Gasteiger partial charge in [0.2, 0.25) is 0 Å². The highest BCUT2D eigenvalue weighted by molar-refractivity contribution is 7.14. The average Bonchev–Trinajstić information content (AvgIpc) is 2.78. The molecule has 0 atom stereocenters. The first-order chi connectivity index (χ1) is 7.92. The number of hydrogen-bond acceptors (Lipinski definition) is 3. The Bertz CT molecular complexity index is 311. The van der Waals surface area contributed by atoms with E-state index in [1.165, 1.54) is 50.2 Å². The highest BCUT2D eigenvalue weighted by atomic mass is 32.1. The number of nitrogens with zero attached hydrogens (tertiary/aromatic N) is 1. The molecule has 1 saturated heterocycles. The molecule has 1 aliphatic heterocycles. The van der Waals surface area contributed by atoms with Crippen LogP contribution in [0.1, 0.15) is 32.1 Å². The van der Waals surface area contributed by atoms with E-state index >= 15 is 0 Å². The van der Waals surface area contributed by atoms with Crippen LogP contribution in [0.25, 0.3) is 0 Å². The van der Waals surface area contributed by atoms with Crippen LogP contribution in [0.4, 0.5) is 5.00 Å². The molecule has 2 nitrogen and oxygen atoms in total. The van der Waals surface area contributed by atoms with Crippen molar-refractivity contribution in [2.24, 2.45) is 0 Å². The lowest BCUT2D eigenvalue weighted by molar-refractivity contribution is 0.280. The Morgan fingerprint density at radius 2 is 1.88 bits per heavy atom. The third kappa shape index (κ3) is 2.25. The lowest BCUT2D eigenvalue weighted by Gasteiger charge is -2.37. The van der Waals surface area contributed by atoms with Crippen LogP contribution < -0.4 is 10.2 Å². The Labute approximate surface area is 102 Å².